The second kappa shape index (κ2) is 14.3. The van der Waals surface area contributed by atoms with Gasteiger partial charge in [0.2, 0.25) is 0 Å². The molecule has 4 aromatic rings. The summed E-state index contributed by atoms with van der Waals surface area (Å²) >= 11 is 4.78. The maximum absolute atomic E-state index is 13.4. The van der Waals surface area contributed by atoms with Crippen LogP contribution in [0.5, 0.6) is 11.5 Å². The van der Waals surface area contributed by atoms with Crippen molar-refractivity contribution in [1.29, 1.82) is 0 Å². The number of anilines is 1. The number of thioether (sulfide) groups is 1. The number of ether oxygens (including phenoxy) is 2. The SMILES string of the molecule is COc1ccc(C(=O)CSc2cccc(NC(=O)/C(=C/c3cccc(Br)c3)NC(=O)c3ccccc3)c2)cc1OC. The molecule has 4 aromatic carbocycles. The molecular formula is C32H27BrN2O5S. The first-order valence-corrected chi connectivity index (χ1v) is 14.3. The molecule has 0 aliphatic heterocycles. The fourth-order valence-electron chi connectivity index (χ4n) is 3.81. The number of hydrogen-bond acceptors (Lipinski definition) is 6. The molecule has 0 heterocycles. The zero-order chi connectivity index (χ0) is 29.2. The molecule has 0 unspecified atom stereocenters. The van der Waals surface area contributed by atoms with Crippen LogP contribution in [0.3, 0.4) is 0 Å². The van der Waals surface area contributed by atoms with Crippen molar-refractivity contribution >= 4 is 57.1 Å². The van der Waals surface area contributed by atoms with E-state index in [1.165, 1.54) is 26.0 Å². The molecule has 2 N–H and O–H groups in total. The highest BCUT2D eigenvalue weighted by Gasteiger charge is 2.16. The van der Waals surface area contributed by atoms with E-state index in [0.29, 0.717) is 28.3 Å². The van der Waals surface area contributed by atoms with Crippen LogP contribution in [0.2, 0.25) is 0 Å². The average molecular weight is 632 g/mol. The van der Waals surface area contributed by atoms with Crippen molar-refractivity contribution in [3.05, 3.63) is 124 Å². The Morgan fingerprint density at radius 1 is 0.805 bits per heavy atom. The highest BCUT2D eigenvalue weighted by molar-refractivity contribution is 9.10. The van der Waals surface area contributed by atoms with E-state index >= 15 is 0 Å². The first-order chi connectivity index (χ1) is 19.9. The predicted molar refractivity (Wildman–Crippen MR) is 166 cm³/mol. The number of benzene rings is 4. The minimum absolute atomic E-state index is 0.0757. The Morgan fingerprint density at radius 3 is 2.29 bits per heavy atom. The monoisotopic (exact) mass is 630 g/mol. The van der Waals surface area contributed by atoms with Crippen molar-refractivity contribution in [3.63, 3.8) is 0 Å². The van der Waals surface area contributed by atoms with Gasteiger partial charge in [-0.25, -0.2) is 0 Å². The molecule has 7 nitrogen and oxygen atoms in total. The number of carbonyl (C=O) groups is 3. The maximum atomic E-state index is 13.4. The van der Waals surface area contributed by atoms with E-state index in [2.05, 4.69) is 26.6 Å². The summed E-state index contributed by atoms with van der Waals surface area (Å²) in [6, 6.07) is 28.3. The van der Waals surface area contributed by atoms with Gasteiger partial charge in [-0.3, -0.25) is 14.4 Å². The summed E-state index contributed by atoms with van der Waals surface area (Å²) in [5, 5.41) is 5.60. The van der Waals surface area contributed by atoms with Gasteiger partial charge in [0.05, 0.1) is 20.0 Å². The van der Waals surface area contributed by atoms with Crippen LogP contribution in [0.1, 0.15) is 26.3 Å². The number of amides is 2. The van der Waals surface area contributed by atoms with E-state index in [-0.39, 0.29) is 17.2 Å². The normalized spacial score (nSPS) is 11.0. The average Bonchev–Trinajstić information content (AvgIpc) is 2.99. The Balaban J connectivity index is 1.48. The van der Waals surface area contributed by atoms with Crippen LogP contribution in [0.15, 0.2) is 112 Å². The third kappa shape index (κ3) is 8.33. The van der Waals surface area contributed by atoms with E-state index in [4.69, 9.17) is 9.47 Å². The summed E-state index contributed by atoms with van der Waals surface area (Å²) in [4.78, 5) is 39.8. The molecular weight excluding hydrogens is 604 g/mol. The van der Waals surface area contributed by atoms with Crippen molar-refractivity contribution in [3.8, 4) is 11.5 Å². The Kier molecular flexibility index (Phi) is 10.4. The topological polar surface area (TPSA) is 93.7 Å². The molecule has 0 bridgehead atoms. The second-order valence-corrected chi connectivity index (χ2v) is 10.7. The zero-order valence-electron chi connectivity index (χ0n) is 22.3. The van der Waals surface area contributed by atoms with Gasteiger partial charge in [0.15, 0.2) is 17.3 Å². The van der Waals surface area contributed by atoms with Gasteiger partial charge in [-0.15, -0.1) is 11.8 Å². The predicted octanol–water partition coefficient (Wildman–Crippen LogP) is 6.85. The van der Waals surface area contributed by atoms with E-state index < -0.39 is 11.8 Å². The molecule has 0 fully saturated rings. The summed E-state index contributed by atoms with van der Waals surface area (Å²) in [6.45, 7) is 0. The van der Waals surface area contributed by atoms with Gasteiger partial charge in [-0.2, -0.15) is 0 Å². The van der Waals surface area contributed by atoms with E-state index in [1.54, 1.807) is 66.7 Å². The fraction of sp³-hybridized carbons (Fsp3) is 0.0938. The number of ketones is 1. The van der Waals surface area contributed by atoms with Gasteiger partial charge >= 0.3 is 0 Å². The molecule has 4 rings (SSSR count). The molecule has 0 atom stereocenters. The van der Waals surface area contributed by atoms with Crippen LogP contribution in [-0.4, -0.2) is 37.6 Å². The molecule has 208 valence electrons. The Labute approximate surface area is 251 Å². The zero-order valence-corrected chi connectivity index (χ0v) is 24.8. The van der Waals surface area contributed by atoms with Gasteiger partial charge in [-0.1, -0.05) is 52.3 Å². The number of methoxy groups -OCH3 is 2. The first kappa shape index (κ1) is 29.6. The summed E-state index contributed by atoms with van der Waals surface area (Å²) in [5.41, 5.74) is 2.27. The molecule has 0 aromatic heterocycles. The van der Waals surface area contributed by atoms with E-state index in [9.17, 15) is 14.4 Å². The molecule has 0 aliphatic carbocycles. The first-order valence-electron chi connectivity index (χ1n) is 12.5. The summed E-state index contributed by atoms with van der Waals surface area (Å²) in [7, 11) is 3.06. The van der Waals surface area contributed by atoms with Crippen LogP contribution < -0.4 is 20.1 Å². The van der Waals surface area contributed by atoms with Crippen molar-refractivity contribution in [2.45, 2.75) is 4.90 Å². The lowest BCUT2D eigenvalue weighted by atomic mass is 10.1. The lowest BCUT2D eigenvalue weighted by Gasteiger charge is -2.12. The summed E-state index contributed by atoms with van der Waals surface area (Å²) in [6.07, 6.45) is 1.61. The maximum Gasteiger partial charge on any atom is 0.272 e. The van der Waals surface area contributed by atoms with Crippen molar-refractivity contribution < 1.29 is 23.9 Å². The molecule has 2 amide bonds. The Bertz CT molecular complexity index is 1590. The minimum atomic E-state index is -0.488. The fourth-order valence-corrected chi connectivity index (χ4v) is 5.08. The molecule has 0 saturated heterocycles. The number of nitrogens with one attached hydrogen (secondary N) is 2. The number of Topliss-reactive ketones (excluding diaryl/α,β-unsaturated/α-hetero) is 1. The van der Waals surface area contributed by atoms with Crippen molar-refractivity contribution in [2.75, 3.05) is 25.3 Å². The number of carbonyl (C=O) groups excluding carboxylic acids is 3. The smallest absolute Gasteiger partial charge is 0.272 e. The van der Waals surface area contributed by atoms with Gasteiger partial charge in [-0.05, 0) is 72.3 Å². The summed E-state index contributed by atoms with van der Waals surface area (Å²) < 4.78 is 11.4. The molecule has 9 heteroatoms. The highest BCUT2D eigenvalue weighted by atomic mass is 79.9. The molecule has 0 spiro atoms. The molecule has 0 aliphatic rings. The van der Waals surface area contributed by atoms with Crippen molar-refractivity contribution in [2.24, 2.45) is 0 Å². The standard InChI is InChI=1S/C32H27BrN2O5S/c1-39-29-15-14-23(18-30(29)40-2)28(36)20-41-26-13-7-12-25(19-26)34-32(38)27(17-21-8-6-11-24(33)16-21)35-31(37)22-9-4-3-5-10-22/h3-19H,20H2,1-2H3,(H,34,38)(H,35,37)/b27-17-. The van der Waals surface area contributed by atoms with Gasteiger partial charge in [0.25, 0.3) is 11.8 Å². The third-order valence-electron chi connectivity index (χ3n) is 5.86. The second-order valence-electron chi connectivity index (χ2n) is 8.70. The molecule has 0 radical (unpaired) electrons. The van der Waals surface area contributed by atoms with Crippen molar-refractivity contribution in [1.82, 2.24) is 5.32 Å². The molecule has 41 heavy (non-hydrogen) atoms. The van der Waals surface area contributed by atoms with Gasteiger partial charge in [0.1, 0.15) is 5.70 Å². The van der Waals surface area contributed by atoms with Crippen LogP contribution in [0.25, 0.3) is 6.08 Å². The van der Waals surface area contributed by atoms with Gasteiger partial charge in [0, 0.05) is 26.2 Å². The number of rotatable bonds is 11. The van der Waals surface area contributed by atoms with Crippen LogP contribution in [0.4, 0.5) is 5.69 Å². The highest BCUT2D eigenvalue weighted by Crippen LogP contribution is 2.29. The number of halogens is 1. The summed E-state index contributed by atoms with van der Waals surface area (Å²) in [5.74, 6) is 0.257. The van der Waals surface area contributed by atoms with Gasteiger partial charge < -0.3 is 20.1 Å². The van der Waals surface area contributed by atoms with Crippen LogP contribution in [0, 0.1) is 0 Å². The Hall–Kier alpha value is -4.34. The minimum Gasteiger partial charge on any atom is -0.493 e. The third-order valence-corrected chi connectivity index (χ3v) is 7.34. The Morgan fingerprint density at radius 2 is 1.56 bits per heavy atom. The lowest BCUT2D eigenvalue weighted by Crippen LogP contribution is -2.30. The molecule has 0 saturated carbocycles. The quantitative estimate of drug-likeness (QED) is 0.107. The number of hydrogen-bond donors (Lipinski definition) is 2. The van der Waals surface area contributed by atoms with E-state index in [1.807, 2.05) is 36.4 Å². The van der Waals surface area contributed by atoms with Crippen LogP contribution in [-0.2, 0) is 4.79 Å². The van der Waals surface area contributed by atoms with E-state index in [0.717, 1.165) is 14.9 Å². The lowest BCUT2D eigenvalue weighted by molar-refractivity contribution is -0.113. The van der Waals surface area contributed by atoms with Crippen LogP contribution >= 0.6 is 27.7 Å². The largest absolute Gasteiger partial charge is 0.493 e.